The summed E-state index contributed by atoms with van der Waals surface area (Å²) < 4.78 is 37.9. The summed E-state index contributed by atoms with van der Waals surface area (Å²) in [6.45, 7) is 0.698. The number of fused-ring (bicyclic) bond motifs is 1. The smallest absolute Gasteiger partial charge is 0.237 e. The first-order valence-electron chi connectivity index (χ1n) is 7.90. The number of benzene rings is 2. The predicted molar refractivity (Wildman–Crippen MR) is 98.9 cm³/mol. The van der Waals surface area contributed by atoms with E-state index in [0.717, 1.165) is 16.9 Å². The zero-order valence-electron chi connectivity index (χ0n) is 13.4. The minimum atomic E-state index is -3.51. The molecule has 0 radical (unpaired) electrons. The minimum Gasteiger partial charge on any atom is -0.454 e. The van der Waals surface area contributed by atoms with Gasteiger partial charge < -0.3 is 9.47 Å². The van der Waals surface area contributed by atoms with Crippen molar-refractivity contribution in [1.82, 2.24) is 4.31 Å². The van der Waals surface area contributed by atoms with E-state index in [9.17, 15) is 8.42 Å². The fourth-order valence-electron chi connectivity index (χ4n) is 2.85. The van der Waals surface area contributed by atoms with Crippen molar-refractivity contribution < 1.29 is 17.9 Å². The van der Waals surface area contributed by atoms with Gasteiger partial charge >= 0.3 is 0 Å². The molecule has 1 atom stereocenters. The van der Waals surface area contributed by atoms with E-state index < -0.39 is 10.0 Å². The highest BCUT2D eigenvalue weighted by molar-refractivity contribution is 8.01. The van der Waals surface area contributed by atoms with Gasteiger partial charge in [-0.3, -0.25) is 0 Å². The van der Waals surface area contributed by atoms with E-state index in [0.29, 0.717) is 18.0 Å². The lowest BCUT2D eigenvalue weighted by Gasteiger charge is -2.22. The van der Waals surface area contributed by atoms with Gasteiger partial charge in [-0.25, -0.2) is 8.42 Å². The van der Waals surface area contributed by atoms with Crippen LogP contribution in [0.3, 0.4) is 0 Å². The van der Waals surface area contributed by atoms with Crippen molar-refractivity contribution >= 4 is 27.9 Å². The summed E-state index contributed by atoms with van der Waals surface area (Å²) in [6, 6.07) is 15.0. The van der Waals surface area contributed by atoms with Gasteiger partial charge in [0.05, 0.1) is 5.37 Å². The monoisotopic (exact) mass is 375 g/mol. The Balaban J connectivity index is 1.59. The number of rotatable bonds is 4. The zero-order chi connectivity index (χ0) is 17.3. The molecule has 7 heteroatoms. The molecule has 2 aromatic rings. The van der Waals surface area contributed by atoms with Crippen molar-refractivity contribution in [3.05, 3.63) is 65.1 Å². The normalized spacial score (nSPS) is 20.4. The van der Waals surface area contributed by atoms with Crippen molar-refractivity contribution in [3.63, 3.8) is 0 Å². The SMILES string of the molecule is O=S(=O)(/C=C/c1ccccc1)N1CCSC1c1ccc2c(c1)OCO2. The quantitative estimate of drug-likeness (QED) is 0.819. The Bertz CT molecular complexity index is 897. The van der Waals surface area contributed by atoms with E-state index >= 15 is 0 Å². The molecule has 130 valence electrons. The molecule has 5 nitrogen and oxygen atoms in total. The van der Waals surface area contributed by atoms with Gasteiger partial charge in [-0.2, -0.15) is 4.31 Å². The molecule has 0 aliphatic carbocycles. The van der Waals surface area contributed by atoms with Gasteiger partial charge in [-0.1, -0.05) is 36.4 Å². The Kier molecular flexibility index (Phi) is 4.45. The first-order valence-corrected chi connectivity index (χ1v) is 10.4. The summed E-state index contributed by atoms with van der Waals surface area (Å²) in [6.07, 6.45) is 1.63. The van der Waals surface area contributed by atoms with Crippen molar-refractivity contribution in [3.8, 4) is 11.5 Å². The molecule has 2 aliphatic heterocycles. The van der Waals surface area contributed by atoms with Crippen molar-refractivity contribution in [1.29, 1.82) is 0 Å². The zero-order valence-corrected chi connectivity index (χ0v) is 15.0. The molecule has 1 fully saturated rings. The summed E-state index contributed by atoms with van der Waals surface area (Å²) in [5, 5.41) is 1.04. The summed E-state index contributed by atoms with van der Waals surface area (Å²) in [4.78, 5) is 0. The molecule has 0 spiro atoms. The molecule has 0 N–H and O–H groups in total. The van der Waals surface area contributed by atoms with E-state index in [2.05, 4.69) is 0 Å². The first kappa shape index (κ1) is 16.5. The maximum atomic E-state index is 12.8. The van der Waals surface area contributed by atoms with Gasteiger partial charge in [-0.15, -0.1) is 11.8 Å². The Labute approximate surface area is 151 Å². The third-order valence-electron chi connectivity index (χ3n) is 4.09. The number of hydrogen-bond acceptors (Lipinski definition) is 5. The Morgan fingerprint density at radius 3 is 2.72 bits per heavy atom. The highest BCUT2D eigenvalue weighted by Crippen LogP contribution is 2.43. The van der Waals surface area contributed by atoms with Gasteiger partial charge in [0.15, 0.2) is 11.5 Å². The van der Waals surface area contributed by atoms with Crippen molar-refractivity contribution in [2.24, 2.45) is 0 Å². The van der Waals surface area contributed by atoms with Crippen LogP contribution < -0.4 is 9.47 Å². The molecule has 2 aliphatic rings. The van der Waals surface area contributed by atoms with E-state index in [-0.39, 0.29) is 12.2 Å². The Morgan fingerprint density at radius 2 is 1.88 bits per heavy atom. The van der Waals surface area contributed by atoms with Crippen LogP contribution in [0.25, 0.3) is 6.08 Å². The molecule has 2 heterocycles. The highest BCUT2D eigenvalue weighted by atomic mass is 32.2. The maximum Gasteiger partial charge on any atom is 0.237 e. The lowest BCUT2D eigenvalue weighted by Crippen LogP contribution is -2.28. The number of thioether (sulfide) groups is 1. The van der Waals surface area contributed by atoms with Gasteiger partial charge in [-0.05, 0) is 29.3 Å². The first-order chi connectivity index (χ1) is 12.1. The van der Waals surface area contributed by atoms with Gasteiger partial charge in [0, 0.05) is 17.7 Å². The van der Waals surface area contributed by atoms with E-state index in [1.807, 2.05) is 48.5 Å². The van der Waals surface area contributed by atoms with E-state index in [4.69, 9.17) is 9.47 Å². The number of nitrogens with zero attached hydrogens (tertiary/aromatic N) is 1. The summed E-state index contributed by atoms with van der Waals surface area (Å²) in [5.74, 6) is 2.13. The van der Waals surface area contributed by atoms with Crippen LogP contribution in [-0.2, 0) is 10.0 Å². The van der Waals surface area contributed by atoms with Gasteiger partial charge in [0.1, 0.15) is 0 Å². The van der Waals surface area contributed by atoms with Crippen LogP contribution in [0.2, 0.25) is 0 Å². The van der Waals surface area contributed by atoms with Crippen molar-refractivity contribution in [2.45, 2.75) is 5.37 Å². The largest absolute Gasteiger partial charge is 0.454 e. The van der Waals surface area contributed by atoms with Gasteiger partial charge in [0.25, 0.3) is 0 Å². The summed E-state index contributed by atoms with van der Waals surface area (Å²) in [7, 11) is -3.51. The molecule has 0 saturated carbocycles. The fourth-order valence-corrected chi connectivity index (χ4v) is 5.87. The second-order valence-corrected chi connectivity index (χ2v) is 8.66. The van der Waals surface area contributed by atoms with Crippen LogP contribution in [0.5, 0.6) is 11.5 Å². The van der Waals surface area contributed by atoms with Crippen LogP contribution in [0.1, 0.15) is 16.5 Å². The molecule has 4 rings (SSSR count). The van der Waals surface area contributed by atoms with Crippen molar-refractivity contribution in [2.75, 3.05) is 19.1 Å². The number of ether oxygens (including phenoxy) is 2. The highest BCUT2D eigenvalue weighted by Gasteiger charge is 2.35. The molecule has 1 saturated heterocycles. The average Bonchev–Trinajstić information content (AvgIpc) is 3.29. The van der Waals surface area contributed by atoms with Crippen LogP contribution in [0, 0.1) is 0 Å². The lowest BCUT2D eigenvalue weighted by atomic mass is 10.2. The molecule has 0 amide bonds. The average molecular weight is 375 g/mol. The second-order valence-electron chi connectivity index (χ2n) is 5.70. The molecular weight excluding hydrogens is 358 g/mol. The van der Waals surface area contributed by atoms with Crippen LogP contribution in [0.4, 0.5) is 0 Å². The van der Waals surface area contributed by atoms with E-state index in [1.165, 1.54) is 9.71 Å². The molecule has 0 aromatic heterocycles. The third-order valence-corrected chi connectivity index (χ3v) is 7.01. The van der Waals surface area contributed by atoms with Crippen LogP contribution in [-0.4, -0.2) is 31.8 Å². The van der Waals surface area contributed by atoms with Crippen LogP contribution >= 0.6 is 11.8 Å². The van der Waals surface area contributed by atoms with Crippen LogP contribution in [0.15, 0.2) is 53.9 Å². The number of sulfonamides is 1. The molecule has 1 unspecified atom stereocenters. The maximum absolute atomic E-state index is 12.8. The Hall–Kier alpha value is -1.96. The fraction of sp³-hybridized carbons (Fsp3) is 0.222. The standard InChI is InChI=1S/C18H17NO4S2/c20-25(21,11-8-14-4-2-1-3-5-14)19-9-10-24-18(19)15-6-7-16-17(12-15)23-13-22-16/h1-8,11-12,18H,9-10,13H2/b11-8+. The molecule has 25 heavy (non-hydrogen) atoms. The summed E-state index contributed by atoms with van der Waals surface area (Å²) in [5.41, 5.74) is 1.76. The minimum absolute atomic E-state index is 0.207. The number of hydrogen-bond donors (Lipinski definition) is 0. The Morgan fingerprint density at radius 1 is 1.08 bits per heavy atom. The lowest BCUT2D eigenvalue weighted by molar-refractivity contribution is 0.174. The molecule has 2 aromatic carbocycles. The summed E-state index contributed by atoms with van der Waals surface area (Å²) >= 11 is 1.61. The molecular formula is C18H17NO4S2. The van der Waals surface area contributed by atoms with E-state index in [1.54, 1.807) is 17.8 Å². The second kappa shape index (κ2) is 6.74. The molecule has 0 bridgehead atoms. The predicted octanol–water partition coefficient (Wildman–Crippen LogP) is 3.46. The van der Waals surface area contributed by atoms with Gasteiger partial charge in [0.2, 0.25) is 16.8 Å². The topological polar surface area (TPSA) is 55.8 Å². The third kappa shape index (κ3) is 3.40.